The maximum atomic E-state index is 11.9. The van der Waals surface area contributed by atoms with Gasteiger partial charge in [0.25, 0.3) is 0 Å². The zero-order valence-electron chi connectivity index (χ0n) is 14.7. The largest absolute Gasteiger partial charge is 0.497 e. The molecule has 0 amide bonds. The highest BCUT2D eigenvalue weighted by Crippen LogP contribution is 2.32. The van der Waals surface area contributed by atoms with Gasteiger partial charge in [0.05, 0.1) is 19.8 Å². The second-order valence-corrected chi connectivity index (χ2v) is 7.20. The molecule has 1 aromatic heterocycles. The van der Waals surface area contributed by atoms with E-state index in [4.69, 9.17) is 14.5 Å². The van der Waals surface area contributed by atoms with Crippen molar-refractivity contribution in [3.63, 3.8) is 0 Å². The summed E-state index contributed by atoms with van der Waals surface area (Å²) in [5.41, 5.74) is 1.76. The molecule has 2 aromatic rings. The van der Waals surface area contributed by atoms with Crippen LogP contribution in [0.5, 0.6) is 5.75 Å². The van der Waals surface area contributed by atoms with E-state index in [0.717, 1.165) is 47.4 Å². The van der Waals surface area contributed by atoms with Gasteiger partial charge in [0.2, 0.25) is 0 Å². The Morgan fingerprint density at radius 3 is 2.72 bits per heavy atom. The first-order valence-corrected chi connectivity index (χ1v) is 9.06. The molecule has 2 heterocycles. The zero-order valence-corrected chi connectivity index (χ0v) is 15.6. The van der Waals surface area contributed by atoms with E-state index in [9.17, 15) is 4.79 Å². The van der Waals surface area contributed by atoms with Gasteiger partial charge in [-0.1, -0.05) is 12.1 Å². The number of benzene rings is 1. The number of amidine groups is 1. The predicted octanol–water partition coefficient (Wildman–Crippen LogP) is 4.18. The van der Waals surface area contributed by atoms with Crippen LogP contribution >= 0.6 is 11.3 Å². The number of aryl methyl sites for hydroxylation is 1. The highest BCUT2D eigenvalue weighted by molar-refractivity contribution is 7.16. The van der Waals surface area contributed by atoms with Gasteiger partial charge in [0.1, 0.15) is 16.6 Å². The average Bonchev–Trinajstić information content (AvgIpc) is 3.21. The molecule has 5 nitrogen and oxygen atoms in total. The van der Waals surface area contributed by atoms with Gasteiger partial charge in [-0.3, -0.25) is 0 Å². The molecule has 0 radical (unpaired) electrons. The van der Waals surface area contributed by atoms with Crippen LogP contribution in [0.25, 0.3) is 0 Å². The van der Waals surface area contributed by atoms with Crippen LogP contribution in [0, 0.1) is 6.92 Å². The molecule has 3 rings (SSSR count). The highest BCUT2D eigenvalue weighted by Gasteiger charge is 2.21. The monoisotopic (exact) mass is 358 g/mol. The van der Waals surface area contributed by atoms with Crippen molar-refractivity contribution in [2.45, 2.75) is 26.3 Å². The summed E-state index contributed by atoms with van der Waals surface area (Å²) in [4.78, 5) is 20.1. The molecule has 0 atom stereocenters. The van der Waals surface area contributed by atoms with E-state index in [1.165, 1.54) is 24.0 Å². The molecule has 0 aliphatic carbocycles. The maximum absolute atomic E-state index is 11.9. The van der Waals surface area contributed by atoms with Gasteiger partial charge in [-0.15, -0.1) is 11.3 Å². The standard InChI is InChI=1S/C19H22N2O3S/c1-13-11-16(19(22)24-3)18(25-13)20-17-5-4-10-21(17)12-14-6-8-15(23-2)9-7-14/h6-9,11H,4-5,10,12H2,1-3H3/b20-17+. The van der Waals surface area contributed by atoms with Crippen molar-refractivity contribution in [3.8, 4) is 5.75 Å². The Labute approximate surface area is 151 Å². The number of methoxy groups -OCH3 is 2. The van der Waals surface area contributed by atoms with Crippen molar-refractivity contribution in [1.29, 1.82) is 0 Å². The molecule has 1 aliphatic rings. The van der Waals surface area contributed by atoms with Crippen LogP contribution in [-0.4, -0.2) is 37.5 Å². The van der Waals surface area contributed by atoms with Crippen molar-refractivity contribution in [2.75, 3.05) is 20.8 Å². The molecule has 0 N–H and O–H groups in total. The number of nitrogens with zero attached hydrogens (tertiary/aromatic N) is 2. The van der Waals surface area contributed by atoms with Gasteiger partial charge in [-0.2, -0.15) is 0 Å². The lowest BCUT2D eigenvalue weighted by molar-refractivity contribution is 0.0602. The Kier molecular flexibility index (Phi) is 5.38. The first kappa shape index (κ1) is 17.5. The second kappa shape index (κ2) is 7.70. The number of likely N-dealkylation sites (tertiary alicyclic amines) is 1. The van der Waals surface area contributed by atoms with E-state index in [2.05, 4.69) is 17.0 Å². The molecule has 6 heteroatoms. The molecule has 0 saturated carbocycles. The van der Waals surface area contributed by atoms with Gasteiger partial charge >= 0.3 is 5.97 Å². The Balaban J connectivity index is 1.81. The van der Waals surface area contributed by atoms with Gasteiger partial charge in [0.15, 0.2) is 0 Å². The molecule has 0 bridgehead atoms. The quantitative estimate of drug-likeness (QED) is 0.753. The molecule has 0 spiro atoms. The number of aliphatic imine (C=N–C) groups is 1. The Bertz CT molecular complexity index is 780. The minimum absolute atomic E-state index is 0.330. The molecule has 1 saturated heterocycles. The normalized spacial score (nSPS) is 15.6. The predicted molar refractivity (Wildman–Crippen MR) is 100 cm³/mol. The minimum atomic E-state index is -0.330. The van der Waals surface area contributed by atoms with E-state index in [-0.39, 0.29) is 5.97 Å². The molecule has 25 heavy (non-hydrogen) atoms. The van der Waals surface area contributed by atoms with E-state index in [1.54, 1.807) is 7.11 Å². The highest BCUT2D eigenvalue weighted by atomic mass is 32.1. The van der Waals surface area contributed by atoms with Crippen molar-refractivity contribution >= 4 is 28.1 Å². The van der Waals surface area contributed by atoms with E-state index >= 15 is 0 Å². The van der Waals surface area contributed by atoms with Crippen LogP contribution in [0.3, 0.4) is 0 Å². The van der Waals surface area contributed by atoms with Gasteiger partial charge in [-0.05, 0) is 37.1 Å². The lowest BCUT2D eigenvalue weighted by Crippen LogP contribution is -2.24. The number of hydrogen-bond donors (Lipinski definition) is 0. The number of ether oxygens (including phenoxy) is 2. The fourth-order valence-corrected chi connectivity index (χ4v) is 3.81. The summed E-state index contributed by atoms with van der Waals surface area (Å²) in [6, 6.07) is 9.94. The molecule has 1 aromatic carbocycles. The first-order valence-electron chi connectivity index (χ1n) is 8.25. The van der Waals surface area contributed by atoms with E-state index in [0.29, 0.717) is 5.56 Å². The average molecular weight is 358 g/mol. The van der Waals surface area contributed by atoms with Crippen molar-refractivity contribution in [1.82, 2.24) is 4.90 Å². The topological polar surface area (TPSA) is 51.1 Å². The Morgan fingerprint density at radius 2 is 2.04 bits per heavy atom. The number of thiophene rings is 1. The fourth-order valence-electron chi connectivity index (χ4n) is 2.92. The first-order chi connectivity index (χ1) is 12.1. The van der Waals surface area contributed by atoms with E-state index < -0.39 is 0 Å². The van der Waals surface area contributed by atoms with Crippen molar-refractivity contribution in [2.24, 2.45) is 4.99 Å². The maximum Gasteiger partial charge on any atom is 0.340 e. The summed E-state index contributed by atoms with van der Waals surface area (Å²) < 4.78 is 10.1. The Hall–Kier alpha value is -2.34. The zero-order chi connectivity index (χ0) is 17.8. The number of carbonyl (C=O) groups excluding carboxylic acids is 1. The second-order valence-electron chi connectivity index (χ2n) is 5.97. The number of esters is 1. The third kappa shape index (κ3) is 4.02. The summed E-state index contributed by atoms with van der Waals surface area (Å²) in [7, 11) is 3.07. The fraction of sp³-hybridized carbons (Fsp3) is 0.368. The molecular weight excluding hydrogens is 336 g/mol. The van der Waals surface area contributed by atoms with Gasteiger partial charge in [-0.25, -0.2) is 9.79 Å². The molecule has 1 fully saturated rings. The third-order valence-electron chi connectivity index (χ3n) is 4.20. The van der Waals surface area contributed by atoms with Crippen LogP contribution in [0.4, 0.5) is 5.00 Å². The summed E-state index contributed by atoms with van der Waals surface area (Å²) in [6.07, 6.45) is 2.00. The smallest absolute Gasteiger partial charge is 0.340 e. The number of rotatable bonds is 5. The molecule has 132 valence electrons. The number of carbonyl (C=O) groups is 1. The summed E-state index contributed by atoms with van der Waals surface area (Å²) in [5.74, 6) is 1.56. The van der Waals surface area contributed by atoms with E-state index in [1.807, 2.05) is 25.1 Å². The van der Waals surface area contributed by atoms with Crippen LogP contribution in [0.15, 0.2) is 35.3 Å². The lowest BCUT2D eigenvalue weighted by Gasteiger charge is -2.19. The molecular formula is C19H22N2O3S. The Morgan fingerprint density at radius 1 is 1.28 bits per heavy atom. The molecule has 0 unspecified atom stereocenters. The summed E-state index contributed by atoms with van der Waals surface area (Å²) >= 11 is 1.53. The molecule has 1 aliphatic heterocycles. The summed E-state index contributed by atoms with van der Waals surface area (Å²) in [6.45, 7) is 3.76. The van der Waals surface area contributed by atoms with Crippen LogP contribution in [0.2, 0.25) is 0 Å². The van der Waals surface area contributed by atoms with Gasteiger partial charge in [0, 0.05) is 24.4 Å². The van der Waals surface area contributed by atoms with Crippen molar-refractivity contribution in [3.05, 3.63) is 46.3 Å². The van der Waals surface area contributed by atoms with Crippen LogP contribution in [0.1, 0.15) is 33.6 Å². The van der Waals surface area contributed by atoms with Crippen LogP contribution in [-0.2, 0) is 11.3 Å². The van der Waals surface area contributed by atoms with Gasteiger partial charge < -0.3 is 14.4 Å². The van der Waals surface area contributed by atoms with Crippen molar-refractivity contribution < 1.29 is 14.3 Å². The SMILES string of the molecule is COC(=O)c1cc(C)sc1/N=C1\CCCN1Cc1ccc(OC)cc1. The van der Waals surface area contributed by atoms with Crippen LogP contribution < -0.4 is 4.74 Å². The summed E-state index contributed by atoms with van der Waals surface area (Å²) in [5, 5.41) is 0.737. The number of hydrogen-bond acceptors (Lipinski definition) is 5. The lowest BCUT2D eigenvalue weighted by atomic mass is 10.2. The third-order valence-corrected chi connectivity index (χ3v) is 5.14. The minimum Gasteiger partial charge on any atom is -0.497 e.